The summed E-state index contributed by atoms with van der Waals surface area (Å²) >= 11 is 0. The van der Waals surface area contributed by atoms with E-state index < -0.39 is 29.7 Å². The van der Waals surface area contributed by atoms with Gasteiger partial charge in [0, 0.05) is 42.9 Å². The second-order valence-corrected chi connectivity index (χ2v) is 11.6. The van der Waals surface area contributed by atoms with Crippen LogP contribution < -0.4 is 26.2 Å². The number of imide groups is 2. The van der Waals surface area contributed by atoms with Gasteiger partial charge in [-0.05, 0) is 55.7 Å². The molecule has 1 saturated heterocycles. The fourth-order valence-corrected chi connectivity index (χ4v) is 5.85. The third-order valence-electron chi connectivity index (χ3n) is 8.33. The summed E-state index contributed by atoms with van der Waals surface area (Å²) in [5.41, 5.74) is 2.25. The lowest BCUT2D eigenvalue weighted by atomic mass is 10.0. The van der Waals surface area contributed by atoms with Crippen molar-refractivity contribution in [3.05, 3.63) is 81.8 Å². The van der Waals surface area contributed by atoms with Gasteiger partial charge in [-0.25, -0.2) is 9.50 Å². The highest BCUT2D eigenvalue weighted by atomic mass is 16.5. The number of carbonyl (C=O) groups excluding carboxylic acids is 5. The molecule has 2 aliphatic rings. The molecule has 15 nitrogen and oxygen atoms in total. The number of amides is 5. The van der Waals surface area contributed by atoms with Gasteiger partial charge in [-0.1, -0.05) is 12.5 Å². The van der Waals surface area contributed by atoms with Crippen LogP contribution in [0.4, 0.5) is 5.69 Å². The van der Waals surface area contributed by atoms with Crippen molar-refractivity contribution in [1.82, 2.24) is 30.1 Å². The monoisotopic (exact) mass is 664 g/mol. The van der Waals surface area contributed by atoms with E-state index in [-0.39, 0.29) is 53.3 Å². The van der Waals surface area contributed by atoms with Crippen LogP contribution in [-0.2, 0) is 14.4 Å². The molecule has 2 aliphatic heterocycles. The zero-order valence-corrected chi connectivity index (χ0v) is 26.3. The van der Waals surface area contributed by atoms with Crippen molar-refractivity contribution < 1.29 is 28.7 Å². The molecule has 0 bridgehead atoms. The predicted molar refractivity (Wildman–Crippen MR) is 175 cm³/mol. The van der Waals surface area contributed by atoms with Gasteiger partial charge in [0.2, 0.25) is 17.7 Å². The van der Waals surface area contributed by atoms with E-state index in [2.05, 4.69) is 26.0 Å². The van der Waals surface area contributed by atoms with Gasteiger partial charge >= 0.3 is 0 Å². The highest BCUT2D eigenvalue weighted by molar-refractivity contribution is 6.25. The molecule has 2 aromatic heterocycles. The average Bonchev–Trinajstić information content (AvgIpc) is 3.63. The van der Waals surface area contributed by atoms with E-state index in [1.54, 1.807) is 42.5 Å². The van der Waals surface area contributed by atoms with Crippen LogP contribution in [-0.4, -0.2) is 74.8 Å². The minimum absolute atomic E-state index is 0.0559. The number of rotatable bonds is 13. The van der Waals surface area contributed by atoms with E-state index in [9.17, 15) is 34.0 Å². The Balaban J connectivity index is 0.888. The number of unbranched alkanes of at least 4 members (excludes halogenated alkanes) is 2. The highest BCUT2D eigenvalue weighted by Crippen LogP contribution is 2.32. The van der Waals surface area contributed by atoms with Crippen LogP contribution in [0.5, 0.6) is 5.75 Å². The molecule has 0 aliphatic carbocycles. The molecular formula is C34H32N8O7. The third-order valence-corrected chi connectivity index (χ3v) is 8.33. The van der Waals surface area contributed by atoms with Crippen molar-refractivity contribution in [3.8, 4) is 23.1 Å². The number of anilines is 1. The van der Waals surface area contributed by atoms with E-state index in [4.69, 9.17) is 4.74 Å². The van der Waals surface area contributed by atoms with Gasteiger partial charge < -0.3 is 15.4 Å². The average molecular weight is 665 g/mol. The normalized spacial score (nSPS) is 15.6. The maximum Gasteiger partial charge on any atom is 0.273 e. The van der Waals surface area contributed by atoms with Crippen LogP contribution in [0.3, 0.4) is 0 Å². The number of nitriles is 1. The second kappa shape index (κ2) is 14.2. The van der Waals surface area contributed by atoms with Gasteiger partial charge in [-0.2, -0.15) is 5.26 Å². The molecule has 49 heavy (non-hydrogen) atoms. The molecule has 4 N–H and O–H groups in total. The summed E-state index contributed by atoms with van der Waals surface area (Å²) < 4.78 is 6.93. The molecule has 0 saturated carbocycles. The Labute approximate surface area is 279 Å². The van der Waals surface area contributed by atoms with Crippen LogP contribution in [0.1, 0.15) is 64.8 Å². The van der Waals surface area contributed by atoms with Gasteiger partial charge in [-0.3, -0.25) is 44.1 Å². The summed E-state index contributed by atoms with van der Waals surface area (Å²) in [6.45, 7) is 1.10. The number of piperidine rings is 1. The summed E-state index contributed by atoms with van der Waals surface area (Å²) in [6.07, 6.45) is 4.05. The smallest absolute Gasteiger partial charge is 0.273 e. The largest absolute Gasteiger partial charge is 0.492 e. The number of benzene rings is 2. The fraction of sp³-hybridized carbons (Fsp3) is 0.294. The van der Waals surface area contributed by atoms with Crippen LogP contribution in [0.15, 0.2) is 59.5 Å². The van der Waals surface area contributed by atoms with E-state index in [0.717, 1.165) is 17.7 Å². The van der Waals surface area contributed by atoms with Gasteiger partial charge in [-0.15, -0.1) is 0 Å². The number of ether oxygens (including phenoxy) is 1. The second-order valence-electron chi connectivity index (χ2n) is 11.6. The lowest BCUT2D eigenvalue weighted by Gasteiger charge is -2.27. The molecule has 15 heteroatoms. The summed E-state index contributed by atoms with van der Waals surface area (Å²) in [5, 5.41) is 20.2. The predicted octanol–water partition coefficient (Wildman–Crippen LogP) is 2.13. The molecule has 5 amide bonds. The molecule has 1 unspecified atom stereocenters. The maximum absolute atomic E-state index is 13.2. The first-order valence-electron chi connectivity index (χ1n) is 15.8. The number of nitrogens with one attached hydrogen (secondary N) is 4. The molecule has 1 fully saturated rings. The number of hydrogen-bond donors (Lipinski definition) is 4. The zero-order valence-electron chi connectivity index (χ0n) is 26.3. The van der Waals surface area contributed by atoms with Crippen LogP contribution in [0.25, 0.3) is 16.9 Å². The first kappa shape index (κ1) is 32.6. The van der Waals surface area contributed by atoms with Crippen LogP contribution in [0, 0.1) is 11.3 Å². The Kier molecular flexibility index (Phi) is 9.47. The van der Waals surface area contributed by atoms with Crippen molar-refractivity contribution in [2.45, 2.75) is 44.6 Å². The lowest BCUT2D eigenvalue weighted by Crippen LogP contribution is -2.54. The Morgan fingerprint density at radius 2 is 1.84 bits per heavy atom. The molecule has 4 aromatic rings. The van der Waals surface area contributed by atoms with Crippen molar-refractivity contribution in [1.29, 1.82) is 5.26 Å². The molecule has 0 spiro atoms. The number of nitrogens with zero attached hydrogens (tertiary/aromatic N) is 4. The summed E-state index contributed by atoms with van der Waals surface area (Å²) in [6, 6.07) is 14.3. The highest BCUT2D eigenvalue weighted by Gasteiger charge is 2.45. The lowest BCUT2D eigenvalue weighted by molar-refractivity contribution is -0.136. The molecular weight excluding hydrogens is 632 g/mol. The summed E-state index contributed by atoms with van der Waals surface area (Å²) in [5.74, 6) is -1.71. The van der Waals surface area contributed by atoms with E-state index in [1.165, 1.54) is 16.8 Å². The molecule has 1 atom stereocenters. The van der Waals surface area contributed by atoms with Gasteiger partial charge in [0.25, 0.3) is 17.4 Å². The SMILES string of the molecule is N#Cc1c[nH]n2c(=O)cc(-c3ccc(OCCNC(=O)CCCCCNc4cccc5c4C(=O)N(C4CCC(=O)NC4=O)C5=O)cc3)nc12. The minimum Gasteiger partial charge on any atom is -0.492 e. The van der Waals surface area contributed by atoms with E-state index in [1.807, 2.05) is 6.07 Å². The van der Waals surface area contributed by atoms with E-state index >= 15 is 0 Å². The van der Waals surface area contributed by atoms with Crippen LogP contribution in [0.2, 0.25) is 0 Å². The zero-order chi connectivity index (χ0) is 34.5. The summed E-state index contributed by atoms with van der Waals surface area (Å²) in [7, 11) is 0. The number of H-pyrrole nitrogens is 1. The third kappa shape index (κ3) is 6.89. The van der Waals surface area contributed by atoms with Crippen molar-refractivity contribution in [3.63, 3.8) is 0 Å². The number of carbonyl (C=O) groups is 5. The standard InChI is InChI=1S/C34H32N8O7/c35-18-21-19-38-42-29(45)17-25(39-31(21)42)20-8-10-22(11-9-20)49-16-15-37-27(43)7-2-1-3-14-36-24-6-4-5-23-30(24)34(48)41(33(23)47)26-12-13-28(44)40-32(26)46/h4-6,8-11,17,19,26,36,38H,1-3,7,12-16H2,(H,37,43)(H,40,44,46). The Morgan fingerprint density at radius 1 is 1.02 bits per heavy atom. The fourth-order valence-electron chi connectivity index (χ4n) is 5.85. The number of aromatic nitrogens is 3. The molecule has 0 radical (unpaired) electrons. The summed E-state index contributed by atoms with van der Waals surface area (Å²) in [4.78, 5) is 80.1. The van der Waals surface area contributed by atoms with Crippen molar-refractivity contribution in [2.75, 3.05) is 25.0 Å². The quantitative estimate of drug-likeness (QED) is 0.121. The first-order valence-corrected chi connectivity index (χ1v) is 15.8. The molecule has 250 valence electrons. The first-order chi connectivity index (χ1) is 23.7. The Bertz CT molecular complexity index is 2060. The molecule has 4 heterocycles. The van der Waals surface area contributed by atoms with Gasteiger partial charge in [0.1, 0.15) is 30.0 Å². The Hall–Kier alpha value is -6.30. The van der Waals surface area contributed by atoms with Gasteiger partial charge in [0.05, 0.1) is 23.4 Å². The molecule has 6 rings (SSSR count). The molecule has 2 aromatic carbocycles. The number of fused-ring (bicyclic) bond motifs is 2. The van der Waals surface area contributed by atoms with E-state index in [0.29, 0.717) is 48.6 Å². The van der Waals surface area contributed by atoms with Crippen molar-refractivity contribution >= 4 is 40.9 Å². The topological polar surface area (TPSA) is 208 Å². The minimum atomic E-state index is -1.02. The number of aromatic amines is 1. The van der Waals surface area contributed by atoms with Crippen molar-refractivity contribution in [2.24, 2.45) is 0 Å². The van der Waals surface area contributed by atoms with Gasteiger partial charge in [0.15, 0.2) is 5.65 Å². The maximum atomic E-state index is 13.2. The Morgan fingerprint density at radius 3 is 2.61 bits per heavy atom. The van der Waals surface area contributed by atoms with Crippen LogP contribution >= 0.6 is 0 Å². The number of hydrogen-bond acceptors (Lipinski definition) is 10.